The third kappa shape index (κ3) is 2.19. The molecule has 0 atom stereocenters. The molecule has 14 heavy (non-hydrogen) atoms. The Morgan fingerprint density at radius 1 is 1.64 bits per heavy atom. The molecule has 1 rings (SSSR count). The van der Waals surface area contributed by atoms with Crippen molar-refractivity contribution in [3.05, 3.63) is 21.9 Å². The summed E-state index contributed by atoms with van der Waals surface area (Å²) in [5.41, 5.74) is 5.64. The van der Waals surface area contributed by atoms with E-state index in [4.69, 9.17) is 10.5 Å². The fourth-order valence-electron chi connectivity index (χ4n) is 0.987. The number of nitrogens with zero attached hydrogens (tertiary/aromatic N) is 1. The number of nitrogens with two attached hydrogens (primary N) is 1. The van der Waals surface area contributed by atoms with E-state index in [0.717, 1.165) is 0 Å². The first-order valence-electron chi connectivity index (χ1n) is 3.81. The Kier molecular flexibility index (Phi) is 3.77. The van der Waals surface area contributed by atoms with E-state index in [2.05, 4.69) is 20.9 Å². The lowest BCUT2D eigenvalue weighted by Gasteiger charge is -2.09. The molecule has 0 spiro atoms. The lowest BCUT2D eigenvalue weighted by molar-refractivity contribution is 0.141. The SMILES string of the molecule is COc1cc(CN)c(Br)nc1C(F)F. The molecular weight excluding hydrogens is 258 g/mol. The molecule has 0 aliphatic carbocycles. The van der Waals surface area contributed by atoms with Crippen LogP contribution < -0.4 is 10.5 Å². The first kappa shape index (κ1) is 11.3. The van der Waals surface area contributed by atoms with Gasteiger partial charge in [-0.05, 0) is 22.0 Å². The minimum absolute atomic E-state index is 0.0589. The summed E-state index contributed by atoms with van der Waals surface area (Å²) in [5, 5.41) is 0. The Hall–Kier alpha value is -0.750. The van der Waals surface area contributed by atoms with E-state index < -0.39 is 6.43 Å². The van der Waals surface area contributed by atoms with Gasteiger partial charge < -0.3 is 10.5 Å². The zero-order valence-electron chi connectivity index (χ0n) is 7.43. The molecule has 0 unspecified atom stereocenters. The summed E-state index contributed by atoms with van der Waals surface area (Å²) in [6.45, 7) is 0.216. The largest absolute Gasteiger partial charge is 0.495 e. The molecule has 0 saturated heterocycles. The Labute approximate surface area is 88.4 Å². The van der Waals surface area contributed by atoms with Crippen molar-refractivity contribution >= 4 is 15.9 Å². The maximum absolute atomic E-state index is 12.4. The van der Waals surface area contributed by atoms with Crippen LogP contribution in [0.2, 0.25) is 0 Å². The Bertz CT molecular complexity index is 333. The van der Waals surface area contributed by atoms with Crippen LogP contribution in [0.5, 0.6) is 5.75 Å². The third-order valence-electron chi connectivity index (χ3n) is 1.69. The molecule has 2 N–H and O–H groups in total. The fourth-order valence-corrected chi connectivity index (χ4v) is 1.45. The number of pyridine rings is 1. The van der Waals surface area contributed by atoms with E-state index >= 15 is 0 Å². The molecule has 0 amide bonds. The van der Waals surface area contributed by atoms with Gasteiger partial charge in [0.15, 0.2) is 0 Å². The van der Waals surface area contributed by atoms with Gasteiger partial charge in [0.2, 0.25) is 0 Å². The van der Waals surface area contributed by atoms with E-state index in [-0.39, 0.29) is 18.0 Å². The predicted octanol–water partition coefficient (Wildman–Crippen LogP) is 2.25. The number of halogens is 3. The monoisotopic (exact) mass is 266 g/mol. The normalized spacial score (nSPS) is 10.7. The number of hydrogen-bond acceptors (Lipinski definition) is 3. The highest BCUT2D eigenvalue weighted by Gasteiger charge is 2.18. The molecular formula is C8H9BrF2N2O. The minimum Gasteiger partial charge on any atom is -0.495 e. The van der Waals surface area contributed by atoms with Gasteiger partial charge in [0.1, 0.15) is 16.0 Å². The lowest BCUT2D eigenvalue weighted by Crippen LogP contribution is -2.04. The highest BCUT2D eigenvalue weighted by Crippen LogP contribution is 2.30. The number of ether oxygens (including phenoxy) is 1. The second kappa shape index (κ2) is 4.65. The van der Waals surface area contributed by atoms with E-state index in [1.165, 1.54) is 13.2 Å². The Morgan fingerprint density at radius 2 is 2.29 bits per heavy atom. The molecule has 78 valence electrons. The maximum Gasteiger partial charge on any atom is 0.284 e. The van der Waals surface area contributed by atoms with Crippen molar-refractivity contribution in [1.29, 1.82) is 0 Å². The van der Waals surface area contributed by atoms with Crippen LogP contribution in [-0.2, 0) is 6.54 Å². The van der Waals surface area contributed by atoms with Crippen molar-refractivity contribution in [2.24, 2.45) is 5.73 Å². The molecule has 0 saturated carbocycles. The zero-order chi connectivity index (χ0) is 10.7. The summed E-state index contributed by atoms with van der Waals surface area (Å²) >= 11 is 3.06. The van der Waals surface area contributed by atoms with Crippen molar-refractivity contribution < 1.29 is 13.5 Å². The van der Waals surface area contributed by atoms with Gasteiger partial charge in [0.25, 0.3) is 6.43 Å². The van der Waals surface area contributed by atoms with Gasteiger partial charge in [-0.15, -0.1) is 0 Å². The van der Waals surface area contributed by atoms with Crippen molar-refractivity contribution in [2.75, 3.05) is 7.11 Å². The maximum atomic E-state index is 12.4. The number of aromatic nitrogens is 1. The van der Waals surface area contributed by atoms with Gasteiger partial charge in [-0.3, -0.25) is 0 Å². The molecule has 0 radical (unpaired) electrons. The van der Waals surface area contributed by atoms with Crippen LogP contribution in [0.3, 0.4) is 0 Å². The van der Waals surface area contributed by atoms with Crippen LogP contribution in [-0.4, -0.2) is 12.1 Å². The van der Waals surface area contributed by atoms with E-state index in [9.17, 15) is 8.78 Å². The number of alkyl halides is 2. The fraction of sp³-hybridized carbons (Fsp3) is 0.375. The Morgan fingerprint density at radius 3 is 2.71 bits per heavy atom. The van der Waals surface area contributed by atoms with E-state index in [1.807, 2.05) is 0 Å². The number of methoxy groups -OCH3 is 1. The van der Waals surface area contributed by atoms with E-state index in [1.54, 1.807) is 0 Å². The van der Waals surface area contributed by atoms with Crippen molar-refractivity contribution in [1.82, 2.24) is 4.98 Å². The molecule has 0 fully saturated rings. The topological polar surface area (TPSA) is 48.1 Å². The van der Waals surface area contributed by atoms with Crippen molar-refractivity contribution in [3.8, 4) is 5.75 Å². The smallest absolute Gasteiger partial charge is 0.284 e. The molecule has 1 heterocycles. The standard InChI is InChI=1S/C8H9BrF2N2O/c1-14-5-2-4(3-12)7(9)13-6(5)8(10)11/h2,8H,3,12H2,1H3. The van der Waals surface area contributed by atoms with Gasteiger partial charge in [-0.1, -0.05) is 0 Å². The minimum atomic E-state index is -2.66. The summed E-state index contributed by atoms with van der Waals surface area (Å²) < 4.78 is 30.0. The highest BCUT2D eigenvalue weighted by atomic mass is 79.9. The summed E-state index contributed by atoms with van der Waals surface area (Å²) in [6, 6.07) is 1.46. The summed E-state index contributed by atoms with van der Waals surface area (Å²) in [4.78, 5) is 3.68. The average Bonchev–Trinajstić information content (AvgIpc) is 2.17. The molecule has 1 aromatic rings. The van der Waals surface area contributed by atoms with Gasteiger partial charge in [0, 0.05) is 12.1 Å². The quantitative estimate of drug-likeness (QED) is 0.854. The summed E-state index contributed by atoms with van der Waals surface area (Å²) in [6.07, 6.45) is -2.66. The van der Waals surface area contributed by atoms with Gasteiger partial charge in [-0.2, -0.15) is 0 Å². The van der Waals surface area contributed by atoms with Crippen LogP contribution in [0.4, 0.5) is 8.78 Å². The first-order valence-corrected chi connectivity index (χ1v) is 4.61. The molecule has 6 heteroatoms. The number of hydrogen-bond donors (Lipinski definition) is 1. The van der Waals surface area contributed by atoms with E-state index in [0.29, 0.717) is 10.2 Å². The predicted molar refractivity (Wildman–Crippen MR) is 51.3 cm³/mol. The Balaban J connectivity index is 3.24. The van der Waals surface area contributed by atoms with Gasteiger partial charge in [-0.25, -0.2) is 13.8 Å². The molecule has 0 aromatic carbocycles. The van der Waals surface area contributed by atoms with Gasteiger partial charge >= 0.3 is 0 Å². The van der Waals surface area contributed by atoms with Crippen LogP contribution in [0.25, 0.3) is 0 Å². The van der Waals surface area contributed by atoms with Crippen molar-refractivity contribution in [2.45, 2.75) is 13.0 Å². The first-order chi connectivity index (χ1) is 6.60. The molecule has 1 aromatic heterocycles. The molecule has 3 nitrogen and oxygen atoms in total. The molecule has 0 aliphatic heterocycles. The third-order valence-corrected chi connectivity index (χ3v) is 2.37. The molecule has 0 aliphatic rings. The molecule has 0 bridgehead atoms. The van der Waals surface area contributed by atoms with Crippen LogP contribution in [0, 0.1) is 0 Å². The lowest BCUT2D eigenvalue weighted by atomic mass is 10.2. The average molecular weight is 267 g/mol. The van der Waals surface area contributed by atoms with Gasteiger partial charge in [0.05, 0.1) is 7.11 Å². The van der Waals surface area contributed by atoms with Crippen LogP contribution in [0.15, 0.2) is 10.7 Å². The number of rotatable bonds is 3. The summed E-state index contributed by atoms with van der Waals surface area (Å²) in [5.74, 6) is 0.0589. The second-order valence-corrected chi connectivity index (χ2v) is 3.28. The van der Waals surface area contributed by atoms with Crippen LogP contribution in [0.1, 0.15) is 17.7 Å². The van der Waals surface area contributed by atoms with Crippen molar-refractivity contribution in [3.63, 3.8) is 0 Å². The van der Waals surface area contributed by atoms with Crippen LogP contribution >= 0.6 is 15.9 Å². The summed E-state index contributed by atoms with van der Waals surface area (Å²) in [7, 11) is 1.32. The second-order valence-electron chi connectivity index (χ2n) is 2.53. The zero-order valence-corrected chi connectivity index (χ0v) is 9.01. The highest BCUT2D eigenvalue weighted by molar-refractivity contribution is 9.10.